The second kappa shape index (κ2) is 26.9. The maximum atomic E-state index is 14.4. The van der Waals surface area contributed by atoms with E-state index in [4.69, 9.17) is 47.4 Å². The summed E-state index contributed by atoms with van der Waals surface area (Å²) in [5, 5.41) is 0. The van der Waals surface area contributed by atoms with E-state index in [1.54, 1.807) is 55.5 Å². The molecular formula is C62H62O12. The highest BCUT2D eigenvalue weighted by Gasteiger charge is 2.55. The van der Waals surface area contributed by atoms with Gasteiger partial charge in [-0.1, -0.05) is 188 Å². The Morgan fingerprint density at radius 3 is 1.12 bits per heavy atom. The first-order valence-corrected chi connectivity index (χ1v) is 25.1. The molecule has 0 radical (unpaired) electrons. The van der Waals surface area contributed by atoms with Gasteiger partial charge in [-0.3, -0.25) is 0 Å². The van der Waals surface area contributed by atoms with Gasteiger partial charge in [0.15, 0.2) is 18.5 Å². The van der Waals surface area contributed by atoms with Crippen LogP contribution in [-0.4, -0.2) is 86.4 Å². The molecule has 12 heteroatoms. The largest absolute Gasteiger partial charge is 0.452 e. The predicted octanol–water partition coefficient (Wildman–Crippen LogP) is 10.5. The molecule has 2 fully saturated rings. The molecule has 9 rings (SSSR count). The van der Waals surface area contributed by atoms with Crippen LogP contribution in [-0.2, 0) is 80.4 Å². The molecule has 12 nitrogen and oxygen atoms in total. The second-order valence-corrected chi connectivity index (χ2v) is 18.3. The highest BCUT2D eigenvalue weighted by Crippen LogP contribution is 2.37. The monoisotopic (exact) mass is 998 g/mol. The maximum absolute atomic E-state index is 14.4. The fourth-order valence-electron chi connectivity index (χ4n) is 9.10. The van der Waals surface area contributed by atoms with Crippen molar-refractivity contribution in [1.82, 2.24) is 0 Å². The summed E-state index contributed by atoms with van der Waals surface area (Å²) < 4.78 is 68.0. The maximum Gasteiger partial charge on any atom is 0.338 e. The normalized spacial score (nSPS) is 23.6. The average Bonchev–Trinajstić information content (AvgIpc) is 3.45. The molecule has 0 saturated carbocycles. The zero-order chi connectivity index (χ0) is 50.7. The van der Waals surface area contributed by atoms with Gasteiger partial charge in [-0.15, -0.1) is 0 Å². The fraction of sp³-hybridized carbons (Fsp3) is 0.290. The van der Waals surface area contributed by atoms with Crippen molar-refractivity contribution in [2.45, 2.75) is 101 Å². The lowest BCUT2D eigenvalue weighted by atomic mass is 9.93. The number of ether oxygens (including phenoxy) is 10. The molecule has 0 N–H and O–H groups in total. The third-order valence-electron chi connectivity index (χ3n) is 12.9. The van der Waals surface area contributed by atoms with E-state index in [2.05, 4.69) is 0 Å². The summed E-state index contributed by atoms with van der Waals surface area (Å²) in [7, 11) is 0. The minimum atomic E-state index is -1.27. The van der Waals surface area contributed by atoms with Gasteiger partial charge in [0.25, 0.3) is 0 Å². The van der Waals surface area contributed by atoms with Crippen LogP contribution >= 0.6 is 0 Å². The van der Waals surface area contributed by atoms with Crippen molar-refractivity contribution in [2.24, 2.45) is 0 Å². The van der Waals surface area contributed by atoms with Gasteiger partial charge in [0.2, 0.25) is 0 Å². The van der Waals surface area contributed by atoms with Crippen LogP contribution in [0.25, 0.3) is 0 Å². The molecule has 7 aromatic rings. The highest BCUT2D eigenvalue weighted by molar-refractivity contribution is 5.90. The quantitative estimate of drug-likeness (QED) is 0.0566. The van der Waals surface area contributed by atoms with Crippen molar-refractivity contribution >= 4 is 11.9 Å². The summed E-state index contributed by atoms with van der Waals surface area (Å²) >= 11 is 0. The van der Waals surface area contributed by atoms with Crippen LogP contribution < -0.4 is 0 Å². The van der Waals surface area contributed by atoms with Crippen LogP contribution in [0.15, 0.2) is 212 Å². The number of benzene rings is 7. The molecule has 2 aliphatic heterocycles. The molecule has 0 bridgehead atoms. The average molecular weight is 999 g/mol. The third kappa shape index (κ3) is 14.5. The van der Waals surface area contributed by atoms with Crippen molar-refractivity contribution in [3.8, 4) is 0 Å². The predicted molar refractivity (Wildman–Crippen MR) is 276 cm³/mol. The summed E-state index contributed by atoms with van der Waals surface area (Å²) in [5.74, 6) is -1.29. The number of carbonyl (C=O) groups is 2. The summed E-state index contributed by atoms with van der Waals surface area (Å²) in [6, 6.07) is 66.5. The number of hydrogen-bond donors (Lipinski definition) is 0. The summed E-state index contributed by atoms with van der Waals surface area (Å²) in [6.45, 7) is 2.95. The van der Waals surface area contributed by atoms with Crippen LogP contribution in [0.4, 0.5) is 0 Å². The van der Waals surface area contributed by atoms with Crippen LogP contribution in [0, 0.1) is 0 Å². The minimum Gasteiger partial charge on any atom is -0.452 e. The van der Waals surface area contributed by atoms with E-state index < -0.39 is 73.2 Å². The zero-order valence-electron chi connectivity index (χ0n) is 41.3. The molecular weight excluding hydrogens is 937 g/mol. The topological polar surface area (TPSA) is 126 Å². The van der Waals surface area contributed by atoms with E-state index >= 15 is 0 Å². The molecule has 382 valence electrons. The molecule has 4 unspecified atom stereocenters. The third-order valence-corrected chi connectivity index (χ3v) is 12.9. The smallest absolute Gasteiger partial charge is 0.338 e. The molecule has 0 spiro atoms. The van der Waals surface area contributed by atoms with E-state index in [9.17, 15) is 9.59 Å². The first kappa shape index (κ1) is 52.0. The van der Waals surface area contributed by atoms with Gasteiger partial charge in [0.1, 0.15) is 36.6 Å². The fourth-order valence-corrected chi connectivity index (χ4v) is 9.10. The van der Waals surface area contributed by atoms with E-state index in [0.717, 1.165) is 27.8 Å². The number of rotatable bonds is 23. The summed E-state index contributed by atoms with van der Waals surface area (Å²) in [4.78, 5) is 28.4. The van der Waals surface area contributed by atoms with Gasteiger partial charge in [-0.05, 0) is 59.0 Å². The molecule has 7 aromatic carbocycles. The molecule has 74 heavy (non-hydrogen) atoms. The lowest BCUT2D eigenvalue weighted by molar-refractivity contribution is -0.357. The van der Waals surface area contributed by atoms with Crippen molar-refractivity contribution < 1.29 is 57.0 Å². The van der Waals surface area contributed by atoms with E-state index in [0.29, 0.717) is 12.2 Å². The lowest BCUT2D eigenvalue weighted by Gasteiger charge is -2.49. The summed E-state index contributed by atoms with van der Waals surface area (Å²) in [5.41, 5.74) is 5.29. The molecule has 2 aliphatic rings. The van der Waals surface area contributed by atoms with Crippen molar-refractivity contribution in [2.75, 3.05) is 13.2 Å². The van der Waals surface area contributed by atoms with Gasteiger partial charge < -0.3 is 47.4 Å². The highest BCUT2D eigenvalue weighted by atomic mass is 16.7. The Hall–Kier alpha value is -6.84. The Labute approximate surface area is 433 Å². The van der Waals surface area contributed by atoms with Gasteiger partial charge in [-0.25, -0.2) is 9.59 Å². The van der Waals surface area contributed by atoms with E-state index in [1.807, 2.05) is 164 Å². The first-order valence-electron chi connectivity index (χ1n) is 25.1. The molecule has 2 heterocycles. The van der Waals surface area contributed by atoms with Gasteiger partial charge in [0, 0.05) is 0 Å². The Morgan fingerprint density at radius 2 is 0.703 bits per heavy atom. The SMILES string of the molecule is C[C@@H]1OC(COCc2ccccc2)[C@H](O[C@@H]2OC(COCc3ccccc3)[C@H](OCc3ccccc3)C(OCc3ccccc3)[C@H]2OCc2ccccc2)C(OC(=O)c2ccccc2)[C@H]1OC(=O)c1ccccc1. The van der Waals surface area contributed by atoms with Crippen molar-refractivity contribution in [3.63, 3.8) is 0 Å². The Bertz CT molecular complexity index is 2720. The molecule has 2 saturated heterocycles. The van der Waals surface area contributed by atoms with Gasteiger partial charge in [-0.2, -0.15) is 0 Å². The van der Waals surface area contributed by atoms with Crippen molar-refractivity contribution in [3.05, 3.63) is 251 Å². The van der Waals surface area contributed by atoms with E-state index in [1.165, 1.54) is 0 Å². The van der Waals surface area contributed by atoms with Crippen LogP contribution in [0.3, 0.4) is 0 Å². The van der Waals surface area contributed by atoms with Gasteiger partial charge >= 0.3 is 11.9 Å². The van der Waals surface area contributed by atoms with Crippen molar-refractivity contribution in [1.29, 1.82) is 0 Å². The number of hydrogen-bond acceptors (Lipinski definition) is 12. The van der Waals surface area contributed by atoms with Gasteiger partial charge in [0.05, 0.1) is 63.5 Å². The van der Waals surface area contributed by atoms with E-state index in [-0.39, 0.29) is 45.2 Å². The second-order valence-electron chi connectivity index (χ2n) is 18.3. The molecule has 10 atom stereocenters. The number of carbonyl (C=O) groups excluding carboxylic acids is 2. The Balaban J connectivity index is 1.12. The zero-order valence-corrected chi connectivity index (χ0v) is 41.3. The Morgan fingerprint density at radius 1 is 0.365 bits per heavy atom. The standard InChI is InChI=1S/C62H62O12/c1-44-54(72-60(63)50-33-19-7-20-34-50)58(73-61(64)51-35-21-8-22-36-51)56(53(70-44)43-66-38-46-25-11-3-12-26-46)74-62-59(69-41-49-31-17-6-18-32-49)57(68-40-48-29-15-5-16-30-48)55(67-39-47-27-13-4-14-28-47)52(71-62)42-65-37-45-23-9-2-10-24-45/h2-36,44,52-59,62H,37-43H2,1H3/t44-,52?,53?,54-,55-,56-,57?,58?,59+,62-/m0/s1. The number of esters is 2. The molecule has 0 aromatic heterocycles. The van der Waals surface area contributed by atoms with Crippen LogP contribution in [0.2, 0.25) is 0 Å². The van der Waals surface area contributed by atoms with Crippen LogP contribution in [0.1, 0.15) is 55.5 Å². The first-order chi connectivity index (χ1) is 36.4. The van der Waals surface area contributed by atoms with Crippen LogP contribution in [0.5, 0.6) is 0 Å². The molecule has 0 aliphatic carbocycles. The summed E-state index contributed by atoms with van der Waals surface area (Å²) in [6.07, 6.45) is -10.0. The lowest BCUT2D eigenvalue weighted by Crippen LogP contribution is -2.66. The Kier molecular flexibility index (Phi) is 18.9. The molecule has 0 amide bonds. The minimum absolute atomic E-state index is 0.00867.